The second-order valence-corrected chi connectivity index (χ2v) is 7.69. The van der Waals surface area contributed by atoms with Crippen LogP contribution in [0.5, 0.6) is 0 Å². The van der Waals surface area contributed by atoms with E-state index in [2.05, 4.69) is 25.2 Å². The molecule has 0 spiro atoms. The zero-order chi connectivity index (χ0) is 20.4. The molecule has 10 nitrogen and oxygen atoms in total. The van der Waals surface area contributed by atoms with Gasteiger partial charge >= 0.3 is 0 Å². The van der Waals surface area contributed by atoms with E-state index in [1.54, 1.807) is 18.6 Å². The standard InChI is InChI=1S/C20H25N5O5/c1-2-28-20(19-22-18(24-30-19)15-4-3-10-27-15)6-8-25(9-7-20)12-16-21-17(23-29-16)14-5-11-26-13-14/h5,11,13,15H,2-4,6-10,12H2,1H3/t15-/m1/s1. The van der Waals surface area contributed by atoms with Crippen LogP contribution in [-0.4, -0.2) is 51.5 Å². The maximum absolute atomic E-state index is 6.16. The number of nitrogens with zero attached hydrogens (tertiary/aromatic N) is 5. The minimum Gasteiger partial charge on any atom is -0.472 e. The highest BCUT2D eigenvalue weighted by Gasteiger charge is 2.43. The van der Waals surface area contributed by atoms with Gasteiger partial charge in [-0.05, 0) is 38.7 Å². The second-order valence-electron chi connectivity index (χ2n) is 7.69. The van der Waals surface area contributed by atoms with Crippen LogP contribution in [-0.2, 0) is 21.6 Å². The highest BCUT2D eigenvalue weighted by molar-refractivity contribution is 5.51. The minimum absolute atomic E-state index is 0.0665. The molecule has 30 heavy (non-hydrogen) atoms. The summed E-state index contributed by atoms with van der Waals surface area (Å²) in [6, 6.07) is 1.81. The van der Waals surface area contributed by atoms with Crippen LogP contribution < -0.4 is 0 Å². The summed E-state index contributed by atoms with van der Waals surface area (Å²) in [4.78, 5) is 11.4. The molecule has 160 valence electrons. The van der Waals surface area contributed by atoms with Gasteiger partial charge in [0.05, 0.1) is 18.4 Å². The van der Waals surface area contributed by atoms with Gasteiger partial charge < -0.3 is 22.9 Å². The number of likely N-dealkylation sites (tertiary alicyclic amines) is 1. The first kappa shape index (κ1) is 19.4. The lowest BCUT2D eigenvalue weighted by Gasteiger charge is -2.38. The summed E-state index contributed by atoms with van der Waals surface area (Å²) in [5.41, 5.74) is 0.240. The quantitative estimate of drug-likeness (QED) is 0.570. The molecule has 10 heteroatoms. The Bertz CT molecular complexity index is 939. The molecular formula is C20H25N5O5. The number of rotatable bonds is 7. The zero-order valence-electron chi connectivity index (χ0n) is 17.0. The molecule has 3 aromatic rings. The summed E-state index contributed by atoms with van der Waals surface area (Å²) in [5.74, 6) is 2.29. The normalized spacial score (nSPS) is 22.0. The van der Waals surface area contributed by atoms with E-state index < -0.39 is 5.60 Å². The molecule has 2 aliphatic heterocycles. The average molecular weight is 415 g/mol. The Morgan fingerprint density at radius 3 is 2.83 bits per heavy atom. The lowest BCUT2D eigenvalue weighted by Crippen LogP contribution is -2.44. The van der Waals surface area contributed by atoms with Crippen LogP contribution in [0.25, 0.3) is 11.4 Å². The third-order valence-electron chi connectivity index (χ3n) is 5.74. The Kier molecular flexibility index (Phi) is 5.36. The van der Waals surface area contributed by atoms with Crippen LogP contribution in [0.15, 0.2) is 32.1 Å². The van der Waals surface area contributed by atoms with Gasteiger partial charge in [0, 0.05) is 26.3 Å². The van der Waals surface area contributed by atoms with Crippen molar-refractivity contribution in [2.75, 3.05) is 26.3 Å². The van der Waals surface area contributed by atoms with E-state index in [0.29, 0.717) is 36.6 Å². The number of hydrogen-bond donors (Lipinski definition) is 0. The molecule has 2 saturated heterocycles. The van der Waals surface area contributed by atoms with Gasteiger partial charge in [-0.2, -0.15) is 9.97 Å². The predicted molar refractivity (Wildman–Crippen MR) is 102 cm³/mol. The molecule has 0 bridgehead atoms. The summed E-state index contributed by atoms with van der Waals surface area (Å²) in [5, 5.41) is 8.20. The van der Waals surface area contributed by atoms with Crippen molar-refractivity contribution in [1.29, 1.82) is 0 Å². The molecule has 1 atom stereocenters. The van der Waals surface area contributed by atoms with Gasteiger partial charge in [-0.1, -0.05) is 10.3 Å². The Morgan fingerprint density at radius 2 is 2.10 bits per heavy atom. The van der Waals surface area contributed by atoms with Crippen molar-refractivity contribution in [3.05, 3.63) is 36.2 Å². The van der Waals surface area contributed by atoms with Gasteiger partial charge in [0.15, 0.2) is 0 Å². The minimum atomic E-state index is -0.564. The second kappa shape index (κ2) is 8.29. The van der Waals surface area contributed by atoms with Crippen molar-refractivity contribution < 1.29 is 22.9 Å². The molecule has 0 saturated carbocycles. The lowest BCUT2D eigenvalue weighted by molar-refractivity contribution is -0.105. The van der Waals surface area contributed by atoms with Gasteiger partial charge in [0.1, 0.15) is 18.0 Å². The number of piperidine rings is 1. The average Bonchev–Trinajstić information content (AvgIpc) is 3.57. The first-order valence-corrected chi connectivity index (χ1v) is 10.4. The van der Waals surface area contributed by atoms with Crippen molar-refractivity contribution in [3.8, 4) is 11.4 Å². The Balaban J connectivity index is 1.24. The summed E-state index contributed by atoms with van der Waals surface area (Å²) in [6.45, 7) is 5.48. The van der Waals surface area contributed by atoms with Crippen LogP contribution >= 0.6 is 0 Å². The van der Waals surface area contributed by atoms with Gasteiger partial charge in [0.2, 0.25) is 17.5 Å². The third kappa shape index (κ3) is 3.78. The van der Waals surface area contributed by atoms with Crippen molar-refractivity contribution >= 4 is 0 Å². The van der Waals surface area contributed by atoms with Crippen LogP contribution in [0, 0.1) is 0 Å². The van der Waals surface area contributed by atoms with Crippen molar-refractivity contribution in [1.82, 2.24) is 25.2 Å². The summed E-state index contributed by atoms with van der Waals surface area (Å²) >= 11 is 0. The van der Waals surface area contributed by atoms with Crippen molar-refractivity contribution in [3.63, 3.8) is 0 Å². The first-order valence-electron chi connectivity index (χ1n) is 10.4. The van der Waals surface area contributed by atoms with Crippen molar-refractivity contribution in [2.24, 2.45) is 0 Å². The van der Waals surface area contributed by atoms with E-state index in [1.165, 1.54) is 0 Å². The molecule has 5 rings (SSSR count). The van der Waals surface area contributed by atoms with E-state index in [0.717, 1.165) is 50.9 Å². The molecule has 0 radical (unpaired) electrons. The topological polar surface area (TPSA) is 113 Å². The highest BCUT2D eigenvalue weighted by Crippen LogP contribution is 2.37. The number of furan rings is 1. The van der Waals surface area contributed by atoms with E-state index in [-0.39, 0.29) is 6.10 Å². The Morgan fingerprint density at radius 1 is 1.20 bits per heavy atom. The maximum Gasteiger partial charge on any atom is 0.259 e. The first-order chi connectivity index (χ1) is 14.8. The van der Waals surface area contributed by atoms with Gasteiger partial charge in [-0.15, -0.1) is 0 Å². The van der Waals surface area contributed by atoms with E-state index in [4.69, 9.17) is 22.9 Å². The lowest BCUT2D eigenvalue weighted by atomic mass is 9.90. The zero-order valence-corrected chi connectivity index (χ0v) is 17.0. The largest absolute Gasteiger partial charge is 0.472 e. The molecule has 0 amide bonds. The van der Waals surface area contributed by atoms with E-state index in [1.807, 2.05) is 6.92 Å². The van der Waals surface area contributed by atoms with Crippen LogP contribution in [0.2, 0.25) is 0 Å². The number of ether oxygens (including phenoxy) is 2. The fraction of sp³-hybridized carbons (Fsp3) is 0.600. The fourth-order valence-corrected chi connectivity index (χ4v) is 4.12. The highest BCUT2D eigenvalue weighted by atomic mass is 16.5. The molecule has 0 unspecified atom stereocenters. The van der Waals surface area contributed by atoms with Crippen LogP contribution in [0.3, 0.4) is 0 Å². The molecule has 0 aliphatic carbocycles. The Labute approximate surface area is 173 Å². The van der Waals surface area contributed by atoms with Crippen molar-refractivity contribution in [2.45, 2.75) is 50.9 Å². The van der Waals surface area contributed by atoms with E-state index in [9.17, 15) is 0 Å². The van der Waals surface area contributed by atoms with Crippen LogP contribution in [0.4, 0.5) is 0 Å². The monoisotopic (exact) mass is 415 g/mol. The predicted octanol–water partition coefficient (Wildman–Crippen LogP) is 3.09. The summed E-state index contributed by atoms with van der Waals surface area (Å²) in [7, 11) is 0. The maximum atomic E-state index is 6.16. The molecular weight excluding hydrogens is 390 g/mol. The molecule has 2 fully saturated rings. The number of hydrogen-bond acceptors (Lipinski definition) is 10. The smallest absolute Gasteiger partial charge is 0.259 e. The molecule has 0 aromatic carbocycles. The SMILES string of the molecule is CCOC1(c2nc([C@H]3CCCO3)no2)CCN(Cc2nc(-c3ccoc3)no2)CC1. The molecule has 3 aromatic heterocycles. The summed E-state index contributed by atoms with van der Waals surface area (Å²) in [6.07, 6.45) is 6.57. The third-order valence-corrected chi connectivity index (χ3v) is 5.74. The molecule has 0 N–H and O–H groups in total. The van der Waals surface area contributed by atoms with Gasteiger partial charge in [-0.25, -0.2) is 0 Å². The van der Waals surface area contributed by atoms with Gasteiger partial charge in [0.25, 0.3) is 5.89 Å². The number of aromatic nitrogens is 4. The Hall–Kier alpha value is -2.56. The fourth-order valence-electron chi connectivity index (χ4n) is 4.12. The molecule has 2 aliphatic rings. The van der Waals surface area contributed by atoms with Gasteiger partial charge in [-0.3, -0.25) is 4.90 Å². The van der Waals surface area contributed by atoms with Crippen LogP contribution in [0.1, 0.15) is 56.3 Å². The molecule has 5 heterocycles. The summed E-state index contributed by atoms with van der Waals surface area (Å²) < 4.78 is 28.0. The van der Waals surface area contributed by atoms with E-state index >= 15 is 0 Å².